The number of nitro groups is 2. The molecule has 0 aromatic heterocycles. The molecule has 0 aliphatic heterocycles. The van der Waals surface area contributed by atoms with E-state index in [1.807, 2.05) is 54.6 Å². The van der Waals surface area contributed by atoms with E-state index in [1.54, 1.807) is 0 Å². The average molecular weight is 464 g/mol. The highest BCUT2D eigenvalue weighted by molar-refractivity contribution is 6.11. The van der Waals surface area contributed by atoms with Gasteiger partial charge in [-0.05, 0) is 22.8 Å². The van der Waals surface area contributed by atoms with E-state index in [4.69, 9.17) is 0 Å². The Balaban J connectivity index is 1.65. The molecule has 0 bridgehead atoms. The first-order valence-electron chi connectivity index (χ1n) is 11.0. The zero-order chi connectivity index (χ0) is 24.4. The molecule has 0 fully saturated rings. The van der Waals surface area contributed by atoms with E-state index < -0.39 is 15.5 Å². The second-order valence-corrected chi connectivity index (χ2v) is 8.19. The predicted molar refractivity (Wildman–Crippen MR) is 134 cm³/mol. The molecule has 4 aromatic carbocycles. The zero-order valence-corrected chi connectivity index (χ0v) is 18.4. The number of hydrazone groups is 1. The van der Waals surface area contributed by atoms with Crippen molar-refractivity contribution in [2.45, 2.75) is 11.8 Å². The number of anilines is 1. The van der Waals surface area contributed by atoms with Crippen molar-refractivity contribution in [2.75, 3.05) is 5.43 Å². The van der Waals surface area contributed by atoms with E-state index in [9.17, 15) is 20.2 Å². The summed E-state index contributed by atoms with van der Waals surface area (Å²) in [4.78, 5) is 21.4. The first-order chi connectivity index (χ1) is 17.0. The lowest BCUT2D eigenvalue weighted by Gasteiger charge is -2.22. The lowest BCUT2D eigenvalue weighted by molar-refractivity contribution is -0.393. The Morgan fingerprint density at radius 1 is 0.686 bits per heavy atom. The Labute approximate surface area is 200 Å². The minimum atomic E-state index is -0.661. The number of nitrogens with one attached hydrogen (secondary N) is 1. The number of non-ortho nitro benzene ring substituents is 1. The van der Waals surface area contributed by atoms with E-state index >= 15 is 0 Å². The number of nitro benzene ring substituents is 2. The van der Waals surface area contributed by atoms with Gasteiger partial charge in [0.25, 0.3) is 5.69 Å². The van der Waals surface area contributed by atoms with Gasteiger partial charge in [0.2, 0.25) is 0 Å². The van der Waals surface area contributed by atoms with Gasteiger partial charge in [0.1, 0.15) is 5.69 Å². The van der Waals surface area contributed by atoms with Crippen LogP contribution in [0.5, 0.6) is 0 Å². The topological polar surface area (TPSA) is 111 Å². The standard InChI is InChI=1S/C27H20N4O4/c32-30(33)20-15-16-23(24(17-20)31(34)35)28-29-27-22-14-8-7-13-21(22)25(18-9-3-1-4-10-18)26(27)19-11-5-2-6-12-19/h1-17,25-26,28H. The Morgan fingerprint density at radius 2 is 1.29 bits per heavy atom. The van der Waals surface area contributed by atoms with Crippen LogP contribution < -0.4 is 5.43 Å². The van der Waals surface area contributed by atoms with E-state index in [-0.39, 0.29) is 23.2 Å². The van der Waals surface area contributed by atoms with Crippen molar-refractivity contribution in [3.05, 3.63) is 146 Å². The van der Waals surface area contributed by atoms with Crippen LogP contribution in [0, 0.1) is 20.2 Å². The van der Waals surface area contributed by atoms with Crippen molar-refractivity contribution < 1.29 is 9.85 Å². The second kappa shape index (κ2) is 9.18. The molecule has 0 radical (unpaired) electrons. The summed E-state index contributed by atoms with van der Waals surface area (Å²) >= 11 is 0. The van der Waals surface area contributed by atoms with E-state index in [0.29, 0.717) is 0 Å². The molecule has 0 saturated carbocycles. The van der Waals surface area contributed by atoms with Crippen molar-refractivity contribution in [1.29, 1.82) is 0 Å². The zero-order valence-electron chi connectivity index (χ0n) is 18.4. The molecule has 1 aliphatic rings. The van der Waals surface area contributed by atoms with Gasteiger partial charge in [0.15, 0.2) is 0 Å². The number of fused-ring (bicyclic) bond motifs is 1. The molecule has 4 aromatic rings. The van der Waals surface area contributed by atoms with Crippen molar-refractivity contribution in [3.63, 3.8) is 0 Å². The average Bonchev–Trinajstić information content (AvgIpc) is 3.22. The minimum absolute atomic E-state index is 0.00203. The Hall–Kier alpha value is -4.85. The van der Waals surface area contributed by atoms with Crippen LogP contribution in [0.4, 0.5) is 17.1 Å². The largest absolute Gasteiger partial charge is 0.301 e. The quantitative estimate of drug-likeness (QED) is 0.268. The summed E-state index contributed by atoms with van der Waals surface area (Å²) in [6, 6.07) is 31.7. The third-order valence-corrected chi connectivity index (χ3v) is 6.20. The number of nitrogens with zero attached hydrogens (tertiary/aromatic N) is 3. The van der Waals surface area contributed by atoms with Crippen LogP contribution in [0.25, 0.3) is 0 Å². The van der Waals surface area contributed by atoms with Crippen LogP contribution in [0.3, 0.4) is 0 Å². The summed E-state index contributed by atoms with van der Waals surface area (Å²) in [7, 11) is 0. The Bertz CT molecular complexity index is 1440. The van der Waals surface area contributed by atoms with E-state index in [0.717, 1.165) is 34.0 Å². The molecule has 0 amide bonds. The van der Waals surface area contributed by atoms with Gasteiger partial charge in [-0.3, -0.25) is 25.7 Å². The third kappa shape index (κ3) is 4.13. The van der Waals surface area contributed by atoms with E-state index in [1.165, 1.54) is 12.1 Å². The lowest BCUT2D eigenvalue weighted by atomic mass is 9.81. The third-order valence-electron chi connectivity index (χ3n) is 6.20. The molecule has 35 heavy (non-hydrogen) atoms. The van der Waals surface area contributed by atoms with Crippen molar-refractivity contribution in [2.24, 2.45) is 5.10 Å². The number of hydrogen-bond donors (Lipinski definition) is 1. The van der Waals surface area contributed by atoms with Crippen LogP contribution in [-0.4, -0.2) is 15.6 Å². The molecule has 172 valence electrons. The van der Waals surface area contributed by atoms with Gasteiger partial charge in [0.05, 0.1) is 21.6 Å². The molecule has 1 N–H and O–H groups in total. The van der Waals surface area contributed by atoms with Crippen LogP contribution >= 0.6 is 0 Å². The second-order valence-electron chi connectivity index (χ2n) is 8.19. The Kier molecular flexibility index (Phi) is 5.76. The Morgan fingerprint density at radius 3 is 1.91 bits per heavy atom. The highest BCUT2D eigenvalue weighted by atomic mass is 16.6. The molecule has 5 rings (SSSR count). The fraction of sp³-hybridized carbons (Fsp3) is 0.0741. The van der Waals surface area contributed by atoms with Crippen LogP contribution in [0.15, 0.2) is 108 Å². The smallest absolute Gasteiger partial charge is 0.271 e. The number of hydrogen-bond acceptors (Lipinski definition) is 6. The van der Waals surface area contributed by atoms with Crippen molar-refractivity contribution in [1.82, 2.24) is 0 Å². The van der Waals surface area contributed by atoms with Gasteiger partial charge in [-0.25, -0.2) is 0 Å². The van der Waals surface area contributed by atoms with Crippen LogP contribution in [0.2, 0.25) is 0 Å². The molecule has 1 aliphatic carbocycles. The summed E-state index contributed by atoms with van der Waals surface area (Å²) in [5, 5.41) is 27.4. The summed E-state index contributed by atoms with van der Waals surface area (Å²) < 4.78 is 0. The molecule has 0 saturated heterocycles. The summed E-state index contributed by atoms with van der Waals surface area (Å²) in [6.45, 7) is 0. The molecular formula is C27H20N4O4. The number of benzene rings is 4. The molecule has 8 heteroatoms. The van der Waals surface area contributed by atoms with Crippen molar-refractivity contribution >= 4 is 22.8 Å². The van der Waals surface area contributed by atoms with Crippen molar-refractivity contribution in [3.8, 4) is 0 Å². The molecule has 2 unspecified atom stereocenters. The van der Waals surface area contributed by atoms with E-state index in [2.05, 4.69) is 40.9 Å². The highest BCUT2D eigenvalue weighted by Gasteiger charge is 2.40. The molecule has 0 spiro atoms. The molecule has 0 heterocycles. The summed E-state index contributed by atoms with van der Waals surface area (Å²) in [6.07, 6.45) is 0. The fourth-order valence-corrected chi connectivity index (χ4v) is 4.68. The van der Waals surface area contributed by atoms with Gasteiger partial charge in [-0.1, -0.05) is 84.9 Å². The van der Waals surface area contributed by atoms with Gasteiger partial charge in [-0.2, -0.15) is 5.10 Å². The fourth-order valence-electron chi connectivity index (χ4n) is 4.68. The first kappa shape index (κ1) is 22.0. The summed E-state index contributed by atoms with van der Waals surface area (Å²) in [5.74, 6) is -0.136. The SMILES string of the molecule is O=[N+]([O-])c1ccc(NN=C2c3ccccc3C(c3ccccc3)C2c2ccccc2)c([N+](=O)[O-])c1. The predicted octanol–water partition coefficient (Wildman–Crippen LogP) is 6.25. The maximum absolute atomic E-state index is 11.6. The summed E-state index contributed by atoms with van der Waals surface area (Å²) in [5.41, 5.74) is 7.17. The minimum Gasteiger partial charge on any atom is -0.271 e. The van der Waals surface area contributed by atoms with Crippen LogP contribution in [0.1, 0.15) is 34.1 Å². The molecule has 2 atom stereocenters. The van der Waals surface area contributed by atoms with Crippen LogP contribution in [-0.2, 0) is 0 Å². The maximum Gasteiger partial charge on any atom is 0.301 e. The lowest BCUT2D eigenvalue weighted by Crippen LogP contribution is -2.15. The van der Waals surface area contributed by atoms with Gasteiger partial charge >= 0.3 is 5.69 Å². The molecule has 8 nitrogen and oxygen atoms in total. The monoisotopic (exact) mass is 464 g/mol. The van der Waals surface area contributed by atoms with Gasteiger partial charge in [-0.15, -0.1) is 0 Å². The normalized spacial score (nSPS) is 17.7. The highest BCUT2D eigenvalue weighted by Crippen LogP contribution is 2.48. The maximum atomic E-state index is 11.6. The first-order valence-corrected chi connectivity index (χ1v) is 11.0. The molecular weight excluding hydrogens is 444 g/mol. The number of rotatable bonds is 6. The van der Waals surface area contributed by atoms with Gasteiger partial charge < -0.3 is 0 Å². The van der Waals surface area contributed by atoms with Gasteiger partial charge in [0, 0.05) is 23.5 Å².